The maximum atomic E-state index is 13.3. The van der Waals surface area contributed by atoms with Crippen LogP contribution in [0.2, 0.25) is 0 Å². The minimum absolute atomic E-state index is 0.199. The predicted octanol–water partition coefficient (Wildman–Crippen LogP) is 4.04. The Hall–Kier alpha value is -0.710. The zero-order valence-corrected chi connectivity index (χ0v) is 11.2. The van der Waals surface area contributed by atoms with Gasteiger partial charge in [-0.2, -0.15) is 0 Å². The molecule has 0 aliphatic heterocycles. The van der Waals surface area contributed by atoms with Crippen LogP contribution in [-0.2, 0) is 6.54 Å². The van der Waals surface area contributed by atoms with E-state index in [0.717, 1.165) is 27.0 Å². The lowest BCUT2D eigenvalue weighted by Gasteiger charge is -2.08. The summed E-state index contributed by atoms with van der Waals surface area (Å²) < 4.78 is 14.3. The Morgan fingerprint density at radius 2 is 2.19 bits per heavy atom. The second-order valence-electron chi connectivity index (χ2n) is 3.43. The molecule has 0 bridgehead atoms. The smallest absolute Gasteiger partial charge is 0.123 e. The van der Waals surface area contributed by atoms with Gasteiger partial charge in [0.2, 0.25) is 0 Å². The van der Waals surface area contributed by atoms with Crippen molar-refractivity contribution in [3.05, 3.63) is 45.5 Å². The Balaban J connectivity index is 2.53. The highest BCUT2D eigenvalue weighted by Crippen LogP contribution is 2.35. The van der Waals surface area contributed by atoms with E-state index < -0.39 is 0 Å². The minimum atomic E-state index is -0.199. The van der Waals surface area contributed by atoms with E-state index in [2.05, 4.69) is 21.2 Å². The Morgan fingerprint density at radius 1 is 1.38 bits per heavy atom. The van der Waals surface area contributed by atoms with Crippen LogP contribution in [0.5, 0.6) is 0 Å². The number of rotatable bonds is 3. The highest BCUT2D eigenvalue weighted by molar-refractivity contribution is 9.10. The van der Waals surface area contributed by atoms with Crippen molar-refractivity contribution in [1.29, 1.82) is 0 Å². The molecule has 0 spiro atoms. The predicted molar refractivity (Wildman–Crippen MR) is 70.2 cm³/mol. The first-order valence-electron chi connectivity index (χ1n) is 4.88. The van der Waals surface area contributed by atoms with Gasteiger partial charge in [-0.25, -0.2) is 4.39 Å². The molecule has 0 radical (unpaired) electrons. The fourth-order valence-corrected chi connectivity index (χ4v) is 3.23. The second-order valence-corrected chi connectivity index (χ2v) is 5.20. The van der Waals surface area contributed by atoms with Gasteiger partial charge in [0.1, 0.15) is 5.82 Å². The van der Waals surface area contributed by atoms with Gasteiger partial charge in [0.15, 0.2) is 0 Å². The highest BCUT2D eigenvalue weighted by Gasteiger charge is 2.10. The summed E-state index contributed by atoms with van der Waals surface area (Å²) in [6.45, 7) is 0.736. The molecule has 0 fully saturated rings. The summed E-state index contributed by atoms with van der Waals surface area (Å²) in [7, 11) is 1.89. The summed E-state index contributed by atoms with van der Waals surface area (Å²) in [5.41, 5.74) is 2.06. The molecular weight excluding hydrogens is 289 g/mol. The van der Waals surface area contributed by atoms with Crippen molar-refractivity contribution in [2.45, 2.75) is 6.54 Å². The SMILES string of the molecule is CNCc1ccc(F)cc1-c1sccc1Br. The summed E-state index contributed by atoms with van der Waals surface area (Å²) in [6.07, 6.45) is 0. The third-order valence-corrected chi connectivity index (χ3v) is 4.17. The number of halogens is 2. The molecule has 1 aromatic heterocycles. The molecular formula is C12H11BrFNS. The zero-order chi connectivity index (χ0) is 11.5. The third-order valence-electron chi connectivity index (χ3n) is 2.30. The van der Waals surface area contributed by atoms with Gasteiger partial charge >= 0.3 is 0 Å². The first-order chi connectivity index (χ1) is 7.72. The quantitative estimate of drug-likeness (QED) is 0.902. The van der Waals surface area contributed by atoms with Gasteiger partial charge in [-0.3, -0.25) is 0 Å². The largest absolute Gasteiger partial charge is 0.316 e. The Morgan fingerprint density at radius 3 is 2.81 bits per heavy atom. The number of thiophene rings is 1. The van der Waals surface area contributed by atoms with E-state index in [0.29, 0.717) is 0 Å². The van der Waals surface area contributed by atoms with Gasteiger partial charge in [-0.1, -0.05) is 6.07 Å². The van der Waals surface area contributed by atoms with Crippen LogP contribution < -0.4 is 5.32 Å². The molecule has 1 N–H and O–H groups in total. The molecule has 84 valence electrons. The first kappa shape index (κ1) is 11.8. The van der Waals surface area contributed by atoms with Gasteiger partial charge in [-0.15, -0.1) is 11.3 Å². The maximum Gasteiger partial charge on any atom is 0.123 e. The number of hydrogen-bond donors (Lipinski definition) is 1. The van der Waals surface area contributed by atoms with Crippen molar-refractivity contribution in [1.82, 2.24) is 5.32 Å². The zero-order valence-electron chi connectivity index (χ0n) is 8.76. The van der Waals surface area contributed by atoms with Crippen molar-refractivity contribution in [2.75, 3.05) is 7.05 Å². The van der Waals surface area contributed by atoms with Crippen LogP contribution in [0.1, 0.15) is 5.56 Å². The third kappa shape index (κ3) is 2.34. The fraction of sp³-hybridized carbons (Fsp3) is 0.167. The van der Waals surface area contributed by atoms with E-state index >= 15 is 0 Å². The monoisotopic (exact) mass is 299 g/mol. The van der Waals surface area contributed by atoms with Crippen LogP contribution in [0.3, 0.4) is 0 Å². The molecule has 2 aromatic rings. The van der Waals surface area contributed by atoms with Crippen molar-refractivity contribution in [3.63, 3.8) is 0 Å². The molecule has 1 nitrogen and oxygen atoms in total. The molecule has 1 heterocycles. The van der Waals surface area contributed by atoms with E-state index in [1.54, 1.807) is 17.4 Å². The van der Waals surface area contributed by atoms with Crippen molar-refractivity contribution < 1.29 is 4.39 Å². The fourth-order valence-electron chi connectivity index (χ4n) is 1.59. The summed E-state index contributed by atoms with van der Waals surface area (Å²) in [5, 5.41) is 5.09. The highest BCUT2D eigenvalue weighted by atomic mass is 79.9. The number of hydrogen-bond acceptors (Lipinski definition) is 2. The average Bonchev–Trinajstić information content (AvgIpc) is 2.67. The number of benzene rings is 1. The topological polar surface area (TPSA) is 12.0 Å². The molecule has 0 amide bonds. The van der Waals surface area contributed by atoms with Crippen LogP contribution in [0.15, 0.2) is 34.1 Å². The lowest BCUT2D eigenvalue weighted by atomic mass is 10.1. The van der Waals surface area contributed by atoms with E-state index in [9.17, 15) is 4.39 Å². The molecule has 2 rings (SSSR count). The van der Waals surface area contributed by atoms with Crippen molar-refractivity contribution >= 4 is 27.3 Å². The molecule has 0 saturated carbocycles. The minimum Gasteiger partial charge on any atom is -0.316 e. The summed E-state index contributed by atoms with van der Waals surface area (Å²) in [5.74, 6) is -0.199. The van der Waals surface area contributed by atoms with E-state index in [1.807, 2.05) is 24.6 Å². The molecule has 1 aromatic carbocycles. The van der Waals surface area contributed by atoms with E-state index in [-0.39, 0.29) is 5.82 Å². The second kappa shape index (κ2) is 5.08. The van der Waals surface area contributed by atoms with Crippen LogP contribution >= 0.6 is 27.3 Å². The van der Waals surface area contributed by atoms with Crippen LogP contribution in [0.25, 0.3) is 10.4 Å². The lowest BCUT2D eigenvalue weighted by Crippen LogP contribution is -2.06. The van der Waals surface area contributed by atoms with Gasteiger partial charge < -0.3 is 5.32 Å². The van der Waals surface area contributed by atoms with Crippen molar-refractivity contribution in [2.24, 2.45) is 0 Å². The van der Waals surface area contributed by atoms with Gasteiger partial charge in [-0.05, 0) is 52.1 Å². The first-order valence-corrected chi connectivity index (χ1v) is 6.56. The van der Waals surface area contributed by atoms with Gasteiger partial charge in [0.05, 0.1) is 0 Å². The normalized spacial score (nSPS) is 10.7. The molecule has 0 aliphatic carbocycles. The lowest BCUT2D eigenvalue weighted by molar-refractivity contribution is 0.627. The Labute approximate surface area is 106 Å². The molecule has 0 atom stereocenters. The molecule has 0 aliphatic rings. The summed E-state index contributed by atoms with van der Waals surface area (Å²) in [4.78, 5) is 1.07. The summed E-state index contributed by atoms with van der Waals surface area (Å²) in [6, 6.07) is 6.89. The summed E-state index contributed by atoms with van der Waals surface area (Å²) >= 11 is 5.09. The van der Waals surface area contributed by atoms with Gasteiger partial charge in [0, 0.05) is 21.5 Å². The Bertz CT molecular complexity index is 496. The van der Waals surface area contributed by atoms with Gasteiger partial charge in [0.25, 0.3) is 0 Å². The molecule has 4 heteroatoms. The maximum absolute atomic E-state index is 13.3. The molecule has 0 saturated heterocycles. The molecule has 16 heavy (non-hydrogen) atoms. The van der Waals surface area contributed by atoms with E-state index in [4.69, 9.17) is 0 Å². The Kier molecular flexibility index (Phi) is 3.74. The van der Waals surface area contributed by atoms with Crippen LogP contribution in [0, 0.1) is 5.82 Å². The van der Waals surface area contributed by atoms with E-state index in [1.165, 1.54) is 6.07 Å². The standard InChI is InChI=1S/C12H11BrFNS/c1-15-7-8-2-3-9(14)6-10(8)12-11(13)4-5-16-12/h2-6,15H,7H2,1H3. The molecule has 0 unspecified atom stereocenters. The number of nitrogens with one attached hydrogen (secondary N) is 1. The van der Waals surface area contributed by atoms with Crippen LogP contribution in [-0.4, -0.2) is 7.05 Å². The van der Waals surface area contributed by atoms with Crippen LogP contribution in [0.4, 0.5) is 4.39 Å². The average molecular weight is 300 g/mol. The van der Waals surface area contributed by atoms with Crippen molar-refractivity contribution in [3.8, 4) is 10.4 Å².